The monoisotopic (exact) mass is 285 g/mol. The predicted octanol–water partition coefficient (Wildman–Crippen LogP) is 4.52. The van der Waals surface area contributed by atoms with Gasteiger partial charge < -0.3 is 0 Å². The van der Waals surface area contributed by atoms with Crippen LogP contribution >= 0.6 is 34.8 Å². The number of rotatable bonds is 2. The van der Waals surface area contributed by atoms with Crippen molar-refractivity contribution >= 4 is 41.1 Å². The van der Waals surface area contributed by atoms with Crippen LogP contribution < -0.4 is 0 Å². The van der Waals surface area contributed by atoms with Crippen LogP contribution in [0.3, 0.4) is 0 Å². The Labute approximate surface area is 113 Å². The third-order valence-electron chi connectivity index (χ3n) is 2.28. The lowest BCUT2D eigenvalue weighted by atomic mass is 10.0. The van der Waals surface area contributed by atoms with E-state index in [2.05, 4.69) is 4.98 Å². The van der Waals surface area contributed by atoms with Crippen molar-refractivity contribution in [3.05, 3.63) is 51.2 Å². The quantitative estimate of drug-likeness (QED) is 0.600. The molecule has 0 aliphatic heterocycles. The average Bonchev–Trinajstić information content (AvgIpc) is 2.34. The van der Waals surface area contributed by atoms with E-state index in [0.29, 0.717) is 31.8 Å². The third kappa shape index (κ3) is 2.44. The molecule has 86 valence electrons. The van der Waals surface area contributed by atoms with Gasteiger partial charge in [0.15, 0.2) is 6.29 Å². The largest absolute Gasteiger partial charge is 0.298 e. The van der Waals surface area contributed by atoms with Crippen LogP contribution in [0.1, 0.15) is 10.4 Å². The molecule has 0 bridgehead atoms. The SMILES string of the molecule is O=Cc1ccncc1-c1cc(Cl)c(Cl)cc1Cl. The smallest absolute Gasteiger partial charge is 0.150 e. The molecule has 0 spiro atoms. The highest BCUT2D eigenvalue weighted by Gasteiger charge is 2.11. The van der Waals surface area contributed by atoms with E-state index in [1.54, 1.807) is 30.6 Å². The summed E-state index contributed by atoms with van der Waals surface area (Å²) < 4.78 is 0. The molecule has 2 aromatic rings. The van der Waals surface area contributed by atoms with E-state index in [1.165, 1.54) is 0 Å². The molecule has 0 N–H and O–H groups in total. The Hall–Kier alpha value is -1.09. The third-order valence-corrected chi connectivity index (χ3v) is 3.32. The summed E-state index contributed by atoms with van der Waals surface area (Å²) in [7, 11) is 0. The van der Waals surface area contributed by atoms with Gasteiger partial charge >= 0.3 is 0 Å². The van der Waals surface area contributed by atoms with Crippen LogP contribution in [-0.2, 0) is 0 Å². The highest BCUT2D eigenvalue weighted by Crippen LogP contribution is 2.35. The molecule has 1 aromatic heterocycles. The number of carbonyl (C=O) groups excluding carboxylic acids is 1. The lowest BCUT2D eigenvalue weighted by molar-refractivity contribution is 0.112. The van der Waals surface area contributed by atoms with E-state index in [-0.39, 0.29) is 0 Å². The van der Waals surface area contributed by atoms with E-state index in [4.69, 9.17) is 34.8 Å². The standard InChI is InChI=1S/C12H6Cl3NO/c13-10-4-12(15)11(14)3-8(10)9-5-16-2-1-7(9)6-17/h1-6H. The molecule has 2 rings (SSSR count). The maximum Gasteiger partial charge on any atom is 0.150 e. The molecule has 5 heteroatoms. The molecule has 0 radical (unpaired) electrons. The summed E-state index contributed by atoms with van der Waals surface area (Å²) in [5, 5.41) is 1.18. The Morgan fingerprint density at radius 1 is 1.00 bits per heavy atom. The fourth-order valence-corrected chi connectivity index (χ4v) is 2.11. The minimum Gasteiger partial charge on any atom is -0.298 e. The van der Waals surface area contributed by atoms with Crippen molar-refractivity contribution in [2.24, 2.45) is 0 Å². The van der Waals surface area contributed by atoms with Crippen molar-refractivity contribution in [2.75, 3.05) is 0 Å². The Bertz CT molecular complexity index is 584. The molecule has 0 saturated heterocycles. The molecule has 0 amide bonds. The van der Waals surface area contributed by atoms with Crippen LogP contribution in [-0.4, -0.2) is 11.3 Å². The van der Waals surface area contributed by atoms with E-state index in [0.717, 1.165) is 6.29 Å². The molecule has 1 heterocycles. The number of nitrogens with zero attached hydrogens (tertiary/aromatic N) is 1. The highest BCUT2D eigenvalue weighted by molar-refractivity contribution is 6.44. The van der Waals surface area contributed by atoms with Crippen LogP contribution in [0.15, 0.2) is 30.6 Å². The zero-order valence-electron chi connectivity index (χ0n) is 8.45. The van der Waals surface area contributed by atoms with Gasteiger partial charge in [0, 0.05) is 29.1 Å². The Kier molecular flexibility index (Phi) is 3.67. The van der Waals surface area contributed by atoms with Crippen molar-refractivity contribution in [3.8, 4) is 11.1 Å². The van der Waals surface area contributed by atoms with Crippen LogP contribution in [0.4, 0.5) is 0 Å². The van der Waals surface area contributed by atoms with Gasteiger partial charge in [-0.3, -0.25) is 9.78 Å². The second-order valence-electron chi connectivity index (χ2n) is 3.33. The number of aldehydes is 1. The van der Waals surface area contributed by atoms with Crippen molar-refractivity contribution < 1.29 is 4.79 Å². The normalized spacial score (nSPS) is 10.3. The van der Waals surface area contributed by atoms with Gasteiger partial charge in [-0.2, -0.15) is 0 Å². The zero-order chi connectivity index (χ0) is 12.4. The van der Waals surface area contributed by atoms with Crippen molar-refractivity contribution in [1.82, 2.24) is 4.98 Å². The summed E-state index contributed by atoms with van der Waals surface area (Å²) in [5.74, 6) is 0. The molecule has 0 atom stereocenters. The Morgan fingerprint density at radius 3 is 2.41 bits per heavy atom. The Balaban J connectivity index is 2.68. The minimum atomic E-state index is 0.372. The lowest BCUT2D eigenvalue weighted by Gasteiger charge is -2.08. The second kappa shape index (κ2) is 5.05. The summed E-state index contributed by atoms with van der Waals surface area (Å²) in [6.07, 6.45) is 3.85. The van der Waals surface area contributed by atoms with Gasteiger partial charge in [0.05, 0.1) is 15.1 Å². The van der Waals surface area contributed by atoms with Gasteiger partial charge in [-0.25, -0.2) is 0 Å². The van der Waals surface area contributed by atoms with Gasteiger partial charge in [0.2, 0.25) is 0 Å². The van der Waals surface area contributed by atoms with Gasteiger partial charge in [0.1, 0.15) is 0 Å². The van der Waals surface area contributed by atoms with E-state index in [1.807, 2.05) is 0 Å². The minimum absolute atomic E-state index is 0.372. The summed E-state index contributed by atoms with van der Waals surface area (Å²) in [4.78, 5) is 14.9. The fraction of sp³-hybridized carbons (Fsp3) is 0. The average molecular weight is 287 g/mol. The van der Waals surface area contributed by atoms with E-state index < -0.39 is 0 Å². The van der Waals surface area contributed by atoms with Crippen LogP contribution in [0, 0.1) is 0 Å². The van der Waals surface area contributed by atoms with Gasteiger partial charge in [-0.1, -0.05) is 34.8 Å². The fourth-order valence-electron chi connectivity index (χ4n) is 1.46. The van der Waals surface area contributed by atoms with Crippen molar-refractivity contribution in [3.63, 3.8) is 0 Å². The van der Waals surface area contributed by atoms with Gasteiger partial charge in [-0.05, 0) is 18.2 Å². The first-order valence-corrected chi connectivity index (χ1v) is 5.81. The van der Waals surface area contributed by atoms with Crippen molar-refractivity contribution in [2.45, 2.75) is 0 Å². The molecule has 2 nitrogen and oxygen atoms in total. The number of halogens is 3. The lowest BCUT2D eigenvalue weighted by Crippen LogP contribution is -1.90. The first kappa shape index (κ1) is 12.4. The number of benzene rings is 1. The zero-order valence-corrected chi connectivity index (χ0v) is 10.7. The van der Waals surface area contributed by atoms with Crippen molar-refractivity contribution in [1.29, 1.82) is 0 Å². The summed E-state index contributed by atoms with van der Waals surface area (Å²) in [6, 6.07) is 4.78. The number of hydrogen-bond acceptors (Lipinski definition) is 2. The van der Waals surface area contributed by atoms with Gasteiger partial charge in [-0.15, -0.1) is 0 Å². The highest BCUT2D eigenvalue weighted by atomic mass is 35.5. The van der Waals surface area contributed by atoms with E-state index in [9.17, 15) is 4.79 Å². The number of aromatic nitrogens is 1. The molecular formula is C12H6Cl3NO. The molecule has 0 unspecified atom stereocenters. The number of hydrogen-bond donors (Lipinski definition) is 0. The van der Waals surface area contributed by atoms with Gasteiger partial charge in [0.25, 0.3) is 0 Å². The molecule has 0 aliphatic carbocycles. The summed E-state index contributed by atoms with van der Waals surface area (Å²) in [6.45, 7) is 0. The summed E-state index contributed by atoms with van der Waals surface area (Å²) in [5.41, 5.74) is 1.77. The second-order valence-corrected chi connectivity index (χ2v) is 4.55. The molecule has 17 heavy (non-hydrogen) atoms. The maximum absolute atomic E-state index is 10.9. The summed E-state index contributed by atoms with van der Waals surface area (Å²) >= 11 is 17.9. The van der Waals surface area contributed by atoms with Crippen LogP contribution in [0.2, 0.25) is 15.1 Å². The topological polar surface area (TPSA) is 30.0 Å². The maximum atomic E-state index is 10.9. The molecule has 0 saturated carbocycles. The van der Waals surface area contributed by atoms with Crippen LogP contribution in [0.5, 0.6) is 0 Å². The Morgan fingerprint density at radius 2 is 1.71 bits per heavy atom. The predicted molar refractivity (Wildman–Crippen MR) is 70.1 cm³/mol. The molecule has 1 aromatic carbocycles. The van der Waals surface area contributed by atoms with E-state index >= 15 is 0 Å². The first-order chi connectivity index (χ1) is 8.13. The number of carbonyl (C=O) groups is 1. The van der Waals surface area contributed by atoms with Crippen LogP contribution in [0.25, 0.3) is 11.1 Å². The molecule has 0 aliphatic rings. The molecule has 0 fully saturated rings. The number of pyridine rings is 1. The first-order valence-electron chi connectivity index (χ1n) is 4.67. The molecular weight excluding hydrogens is 280 g/mol.